The lowest BCUT2D eigenvalue weighted by atomic mass is 10.1. The van der Waals surface area contributed by atoms with Crippen LogP contribution in [0.2, 0.25) is 0 Å². The largest absolute Gasteiger partial charge is 0.345 e. The molecule has 0 bridgehead atoms. The number of hydrogen-bond donors (Lipinski definition) is 1. The van der Waals surface area contributed by atoms with E-state index in [0.717, 1.165) is 24.0 Å². The molecule has 3 heteroatoms. The summed E-state index contributed by atoms with van der Waals surface area (Å²) in [4.78, 5) is 11.6. The van der Waals surface area contributed by atoms with Gasteiger partial charge in [-0.2, -0.15) is 0 Å². The van der Waals surface area contributed by atoms with E-state index in [1.807, 2.05) is 30.3 Å². The Morgan fingerprint density at radius 1 is 1.21 bits per heavy atom. The molecule has 0 aromatic heterocycles. The summed E-state index contributed by atoms with van der Waals surface area (Å²) in [6.07, 6.45) is 0.622. The number of alkyl halides is 1. The molecule has 0 spiro atoms. The molecule has 0 radical (unpaired) electrons. The highest BCUT2D eigenvalue weighted by Gasteiger charge is 2.04. The number of benzene rings is 1. The molecule has 0 aliphatic carbocycles. The van der Waals surface area contributed by atoms with Crippen molar-refractivity contribution < 1.29 is 10.1 Å². The van der Waals surface area contributed by atoms with Crippen molar-refractivity contribution in [2.45, 2.75) is 6.42 Å². The molecule has 14 heavy (non-hydrogen) atoms. The van der Waals surface area contributed by atoms with E-state index >= 15 is 0 Å². The molecular weight excluding hydrogens is 242 g/mol. The van der Waals surface area contributed by atoms with Crippen molar-refractivity contribution >= 4 is 21.7 Å². The van der Waals surface area contributed by atoms with Crippen LogP contribution in [0.15, 0.2) is 30.3 Å². The maximum atomic E-state index is 11.6. The highest BCUT2D eigenvalue weighted by Crippen LogP contribution is 2.01. The van der Waals surface area contributed by atoms with Crippen molar-refractivity contribution in [2.24, 2.45) is 0 Å². The lowest BCUT2D eigenvalue weighted by molar-refractivity contribution is -0.649. The van der Waals surface area contributed by atoms with Crippen LogP contribution in [-0.2, 0) is 0 Å². The Morgan fingerprint density at radius 2 is 1.93 bits per heavy atom. The van der Waals surface area contributed by atoms with Crippen molar-refractivity contribution in [3.63, 3.8) is 0 Å². The molecule has 1 aromatic rings. The second-order valence-electron chi connectivity index (χ2n) is 3.09. The number of nitrogens with two attached hydrogens (primary N) is 1. The van der Waals surface area contributed by atoms with E-state index in [4.69, 9.17) is 0 Å². The molecule has 0 unspecified atom stereocenters. The van der Waals surface area contributed by atoms with Gasteiger partial charge in [0.2, 0.25) is 0 Å². The molecule has 0 saturated heterocycles. The number of Topliss-reactive ketones (excluding diaryl/α,β-unsaturated/α-hetero) is 1. The minimum atomic E-state index is 0.233. The maximum Gasteiger partial charge on any atom is 0.168 e. The SMILES string of the molecule is O=C(CC[NH2+]CCBr)c1ccccc1. The van der Waals surface area contributed by atoms with Gasteiger partial charge in [-0.3, -0.25) is 4.79 Å². The van der Waals surface area contributed by atoms with E-state index in [2.05, 4.69) is 21.2 Å². The van der Waals surface area contributed by atoms with E-state index in [0.29, 0.717) is 6.42 Å². The van der Waals surface area contributed by atoms with Crippen LogP contribution in [0.1, 0.15) is 16.8 Å². The normalized spacial score (nSPS) is 10.1. The fraction of sp³-hybridized carbons (Fsp3) is 0.364. The molecule has 2 nitrogen and oxygen atoms in total. The van der Waals surface area contributed by atoms with Gasteiger partial charge in [0.1, 0.15) is 0 Å². The van der Waals surface area contributed by atoms with Gasteiger partial charge in [0.25, 0.3) is 0 Å². The van der Waals surface area contributed by atoms with Crippen LogP contribution < -0.4 is 5.32 Å². The van der Waals surface area contributed by atoms with Crippen LogP contribution in [0.25, 0.3) is 0 Å². The number of quaternary nitrogens is 1. The minimum Gasteiger partial charge on any atom is -0.345 e. The monoisotopic (exact) mass is 256 g/mol. The summed E-state index contributed by atoms with van der Waals surface area (Å²) in [6, 6.07) is 9.46. The molecule has 0 heterocycles. The predicted molar refractivity (Wildman–Crippen MR) is 60.8 cm³/mol. The molecule has 0 aliphatic rings. The zero-order valence-corrected chi connectivity index (χ0v) is 9.66. The van der Waals surface area contributed by atoms with Crippen LogP contribution in [-0.4, -0.2) is 24.2 Å². The molecule has 0 atom stereocenters. The second kappa shape index (κ2) is 6.74. The summed E-state index contributed by atoms with van der Waals surface area (Å²) in [6.45, 7) is 1.90. The van der Waals surface area contributed by atoms with Gasteiger partial charge in [-0.15, -0.1) is 0 Å². The molecular formula is C11H15BrNO+. The first-order chi connectivity index (χ1) is 6.84. The third kappa shape index (κ3) is 4.03. The highest BCUT2D eigenvalue weighted by molar-refractivity contribution is 9.09. The van der Waals surface area contributed by atoms with Gasteiger partial charge in [-0.25, -0.2) is 0 Å². The summed E-state index contributed by atoms with van der Waals surface area (Å²) in [5, 5.41) is 3.13. The first kappa shape index (κ1) is 11.4. The van der Waals surface area contributed by atoms with Crippen LogP contribution in [0.3, 0.4) is 0 Å². The number of ketones is 1. The van der Waals surface area contributed by atoms with E-state index in [1.165, 1.54) is 0 Å². The first-order valence-electron chi connectivity index (χ1n) is 4.80. The lowest BCUT2D eigenvalue weighted by Gasteiger charge is -1.99. The fourth-order valence-corrected chi connectivity index (χ4v) is 1.55. The topological polar surface area (TPSA) is 33.7 Å². The molecule has 1 aromatic carbocycles. The molecule has 76 valence electrons. The van der Waals surface area contributed by atoms with Crippen molar-refractivity contribution in [3.8, 4) is 0 Å². The number of carbonyl (C=O) groups excluding carboxylic acids is 1. The molecule has 0 aliphatic heterocycles. The molecule has 1 rings (SSSR count). The number of halogens is 1. The minimum absolute atomic E-state index is 0.233. The van der Waals surface area contributed by atoms with Crippen molar-refractivity contribution in [1.82, 2.24) is 0 Å². The van der Waals surface area contributed by atoms with E-state index in [9.17, 15) is 4.79 Å². The van der Waals surface area contributed by atoms with Gasteiger partial charge in [0, 0.05) is 5.56 Å². The van der Waals surface area contributed by atoms with Crippen molar-refractivity contribution in [3.05, 3.63) is 35.9 Å². The van der Waals surface area contributed by atoms with Crippen LogP contribution in [0.5, 0.6) is 0 Å². The Morgan fingerprint density at radius 3 is 2.57 bits per heavy atom. The maximum absolute atomic E-state index is 11.6. The Labute approximate surface area is 92.8 Å². The second-order valence-corrected chi connectivity index (χ2v) is 3.89. The summed E-state index contributed by atoms with van der Waals surface area (Å²) < 4.78 is 0. The quantitative estimate of drug-likeness (QED) is 0.464. The van der Waals surface area contributed by atoms with E-state index < -0.39 is 0 Å². The summed E-state index contributed by atoms with van der Waals surface area (Å²) in [7, 11) is 0. The van der Waals surface area contributed by atoms with Crippen LogP contribution in [0, 0.1) is 0 Å². The number of carbonyl (C=O) groups is 1. The zero-order valence-electron chi connectivity index (χ0n) is 8.08. The van der Waals surface area contributed by atoms with Crippen molar-refractivity contribution in [2.75, 3.05) is 18.4 Å². The Balaban J connectivity index is 2.29. The first-order valence-corrected chi connectivity index (χ1v) is 5.92. The summed E-state index contributed by atoms with van der Waals surface area (Å²) >= 11 is 3.35. The fourth-order valence-electron chi connectivity index (χ4n) is 1.22. The molecule has 0 amide bonds. The summed E-state index contributed by atoms with van der Waals surface area (Å²) in [5.74, 6) is 0.233. The average Bonchev–Trinajstić information content (AvgIpc) is 2.25. The van der Waals surface area contributed by atoms with Crippen LogP contribution in [0.4, 0.5) is 0 Å². The number of rotatable bonds is 6. The van der Waals surface area contributed by atoms with Crippen molar-refractivity contribution in [1.29, 1.82) is 0 Å². The smallest absolute Gasteiger partial charge is 0.168 e. The molecule has 2 N–H and O–H groups in total. The van der Waals surface area contributed by atoms with Gasteiger partial charge in [-0.05, 0) is 0 Å². The van der Waals surface area contributed by atoms with Gasteiger partial charge in [0.15, 0.2) is 5.78 Å². The highest BCUT2D eigenvalue weighted by atomic mass is 79.9. The third-order valence-corrected chi connectivity index (χ3v) is 2.44. The standard InChI is InChI=1S/C11H14BrNO/c12-7-9-13-8-6-11(14)10-4-2-1-3-5-10/h1-5,13H,6-9H2/p+1. The molecule has 0 fully saturated rings. The average molecular weight is 257 g/mol. The Kier molecular flexibility index (Phi) is 5.49. The number of hydrogen-bond acceptors (Lipinski definition) is 1. The van der Waals surface area contributed by atoms with Gasteiger partial charge in [0.05, 0.1) is 24.8 Å². The Bertz CT molecular complexity index is 274. The van der Waals surface area contributed by atoms with E-state index in [1.54, 1.807) is 0 Å². The van der Waals surface area contributed by atoms with Gasteiger partial charge in [-0.1, -0.05) is 46.3 Å². The van der Waals surface area contributed by atoms with Crippen LogP contribution >= 0.6 is 15.9 Å². The van der Waals surface area contributed by atoms with Gasteiger partial charge >= 0.3 is 0 Å². The lowest BCUT2D eigenvalue weighted by Crippen LogP contribution is -2.85. The Hall–Kier alpha value is -0.670. The van der Waals surface area contributed by atoms with Gasteiger partial charge < -0.3 is 5.32 Å². The predicted octanol–water partition coefficient (Wildman–Crippen LogP) is 1.22. The van der Waals surface area contributed by atoms with E-state index in [-0.39, 0.29) is 5.78 Å². The third-order valence-electron chi connectivity index (χ3n) is 1.98. The zero-order chi connectivity index (χ0) is 10.2. The molecule has 0 saturated carbocycles. The summed E-state index contributed by atoms with van der Waals surface area (Å²) in [5.41, 5.74) is 0.819.